The van der Waals surface area contributed by atoms with Gasteiger partial charge in [0.25, 0.3) is 5.91 Å². The summed E-state index contributed by atoms with van der Waals surface area (Å²) in [6.07, 6.45) is 3.59. The monoisotopic (exact) mass is 462 g/mol. The summed E-state index contributed by atoms with van der Waals surface area (Å²) in [5.41, 5.74) is 2.04. The van der Waals surface area contributed by atoms with E-state index in [9.17, 15) is 9.59 Å². The minimum atomic E-state index is -0.464. The summed E-state index contributed by atoms with van der Waals surface area (Å²) in [5, 5.41) is 3.43. The number of amides is 2. The van der Waals surface area contributed by atoms with Crippen LogP contribution in [0.4, 0.5) is 0 Å². The summed E-state index contributed by atoms with van der Waals surface area (Å²) in [7, 11) is 0. The molecule has 1 aromatic carbocycles. The van der Waals surface area contributed by atoms with E-state index in [-0.39, 0.29) is 28.7 Å². The maximum atomic E-state index is 13.8. The number of carbonyl (C=O) groups is 2. The van der Waals surface area contributed by atoms with Crippen molar-refractivity contribution < 1.29 is 9.59 Å². The van der Waals surface area contributed by atoms with Crippen LogP contribution in [0.1, 0.15) is 77.0 Å². The molecule has 5 rings (SSSR count). The highest BCUT2D eigenvalue weighted by Gasteiger charge is 2.59. The summed E-state index contributed by atoms with van der Waals surface area (Å²) in [5.74, 6) is 1.46. The highest BCUT2D eigenvalue weighted by molar-refractivity contribution is 5.95. The summed E-state index contributed by atoms with van der Waals surface area (Å²) in [6, 6.07) is 10.2. The van der Waals surface area contributed by atoms with E-state index in [2.05, 4.69) is 30.7 Å². The minimum Gasteiger partial charge on any atom is -0.347 e. The smallest absolute Gasteiger partial charge is 0.272 e. The van der Waals surface area contributed by atoms with Gasteiger partial charge < -0.3 is 14.8 Å². The van der Waals surface area contributed by atoms with E-state index in [0.717, 1.165) is 23.5 Å². The highest BCUT2D eigenvalue weighted by Crippen LogP contribution is 2.62. The summed E-state index contributed by atoms with van der Waals surface area (Å²) >= 11 is 0. The van der Waals surface area contributed by atoms with Gasteiger partial charge in [0.1, 0.15) is 5.82 Å². The first kappa shape index (κ1) is 23.1. The van der Waals surface area contributed by atoms with Crippen LogP contribution in [0.15, 0.2) is 30.3 Å². The Bertz CT molecular complexity index is 1120. The second-order valence-corrected chi connectivity index (χ2v) is 12.5. The van der Waals surface area contributed by atoms with Crippen LogP contribution in [0, 0.1) is 22.2 Å². The van der Waals surface area contributed by atoms with Crippen molar-refractivity contribution >= 4 is 11.8 Å². The lowest BCUT2D eigenvalue weighted by Gasteiger charge is -2.43. The lowest BCUT2D eigenvalue weighted by Crippen LogP contribution is -2.52. The topological polar surface area (TPSA) is 67.2 Å². The van der Waals surface area contributed by atoms with Crippen LogP contribution in [0.5, 0.6) is 0 Å². The lowest BCUT2D eigenvalue weighted by atomic mass is 9.68. The highest BCUT2D eigenvalue weighted by atomic mass is 16.2. The van der Waals surface area contributed by atoms with Crippen molar-refractivity contribution in [2.45, 2.75) is 79.9 Å². The third-order valence-electron chi connectivity index (χ3n) is 8.73. The first-order valence-electron chi connectivity index (χ1n) is 12.7. The van der Waals surface area contributed by atoms with E-state index in [0.29, 0.717) is 31.2 Å². The zero-order chi connectivity index (χ0) is 24.5. The molecule has 1 aliphatic heterocycles. The minimum absolute atomic E-state index is 0.0684. The SMILES string of the molecule is CC(C)(C)C(=O)N1CCn2c(-c3ccccc3)nc(C(=O)NC3C4(C)CCC(C4)C3(C)C)c2C1. The molecule has 3 atom stereocenters. The zero-order valence-corrected chi connectivity index (χ0v) is 21.4. The molecule has 6 heteroatoms. The number of aromatic nitrogens is 2. The second-order valence-electron chi connectivity index (χ2n) is 12.5. The van der Waals surface area contributed by atoms with Gasteiger partial charge in [0, 0.05) is 30.1 Å². The molecule has 2 bridgehead atoms. The number of nitrogens with one attached hydrogen (secondary N) is 1. The van der Waals surface area contributed by atoms with Crippen LogP contribution in [-0.4, -0.2) is 38.9 Å². The number of nitrogens with zero attached hydrogens (tertiary/aromatic N) is 3. The number of imidazole rings is 1. The molecule has 0 radical (unpaired) electrons. The number of hydrogen-bond donors (Lipinski definition) is 1. The van der Waals surface area contributed by atoms with Crippen molar-refractivity contribution in [3.63, 3.8) is 0 Å². The van der Waals surface area contributed by atoms with Gasteiger partial charge in [0.05, 0.1) is 12.2 Å². The van der Waals surface area contributed by atoms with E-state index in [1.54, 1.807) is 0 Å². The van der Waals surface area contributed by atoms with Crippen molar-refractivity contribution in [2.75, 3.05) is 6.54 Å². The van der Waals surface area contributed by atoms with Gasteiger partial charge in [-0.2, -0.15) is 0 Å². The molecule has 3 unspecified atom stereocenters. The van der Waals surface area contributed by atoms with Crippen LogP contribution in [0.25, 0.3) is 11.4 Å². The Morgan fingerprint density at radius 3 is 2.41 bits per heavy atom. The Kier molecular flexibility index (Phi) is 5.23. The first-order valence-corrected chi connectivity index (χ1v) is 12.7. The quantitative estimate of drug-likeness (QED) is 0.707. The van der Waals surface area contributed by atoms with Crippen molar-refractivity contribution in [1.82, 2.24) is 19.8 Å². The molecule has 34 heavy (non-hydrogen) atoms. The molecule has 2 aliphatic carbocycles. The van der Waals surface area contributed by atoms with Gasteiger partial charge in [-0.15, -0.1) is 0 Å². The number of rotatable bonds is 3. The van der Waals surface area contributed by atoms with Crippen LogP contribution in [0.3, 0.4) is 0 Å². The normalized spacial score (nSPS) is 27.5. The second kappa shape index (κ2) is 7.69. The molecule has 2 amide bonds. The Morgan fingerprint density at radius 2 is 1.79 bits per heavy atom. The Balaban J connectivity index is 1.51. The first-order chi connectivity index (χ1) is 15.9. The van der Waals surface area contributed by atoms with Crippen molar-refractivity contribution in [3.8, 4) is 11.4 Å². The predicted molar refractivity (Wildman–Crippen MR) is 133 cm³/mol. The van der Waals surface area contributed by atoms with Crippen LogP contribution < -0.4 is 5.32 Å². The number of benzene rings is 1. The molecule has 1 aromatic heterocycles. The van der Waals surface area contributed by atoms with E-state index in [1.165, 1.54) is 12.8 Å². The summed E-state index contributed by atoms with van der Waals surface area (Å²) in [4.78, 5) is 33.7. The zero-order valence-electron chi connectivity index (χ0n) is 21.4. The van der Waals surface area contributed by atoms with Gasteiger partial charge in [-0.25, -0.2) is 4.98 Å². The Morgan fingerprint density at radius 1 is 1.09 bits per heavy atom. The van der Waals surface area contributed by atoms with E-state index >= 15 is 0 Å². The Labute approximate surface area is 203 Å². The van der Waals surface area contributed by atoms with Gasteiger partial charge in [-0.3, -0.25) is 9.59 Å². The third kappa shape index (κ3) is 3.57. The fourth-order valence-corrected chi connectivity index (χ4v) is 6.87. The molecule has 3 aliphatic rings. The molecule has 6 nitrogen and oxygen atoms in total. The molecule has 2 fully saturated rings. The molecule has 0 saturated heterocycles. The van der Waals surface area contributed by atoms with Crippen molar-refractivity contribution in [2.24, 2.45) is 22.2 Å². The maximum Gasteiger partial charge on any atom is 0.272 e. The van der Waals surface area contributed by atoms with Crippen LogP contribution in [0.2, 0.25) is 0 Å². The predicted octanol–water partition coefficient (Wildman–Crippen LogP) is 4.88. The maximum absolute atomic E-state index is 13.8. The number of carbonyl (C=O) groups excluding carboxylic acids is 2. The molecule has 182 valence electrons. The lowest BCUT2D eigenvalue weighted by molar-refractivity contribution is -0.141. The fraction of sp³-hybridized carbons (Fsp3) is 0.607. The third-order valence-corrected chi connectivity index (χ3v) is 8.73. The Hall–Kier alpha value is -2.63. The van der Waals surface area contributed by atoms with Gasteiger partial charge in [-0.05, 0) is 36.0 Å². The fourth-order valence-electron chi connectivity index (χ4n) is 6.87. The molecule has 2 saturated carbocycles. The largest absolute Gasteiger partial charge is 0.347 e. The van der Waals surface area contributed by atoms with Gasteiger partial charge >= 0.3 is 0 Å². The van der Waals surface area contributed by atoms with E-state index in [4.69, 9.17) is 4.98 Å². The summed E-state index contributed by atoms with van der Waals surface area (Å²) in [6.45, 7) is 14.4. The number of fused-ring (bicyclic) bond motifs is 3. The molecule has 2 heterocycles. The van der Waals surface area contributed by atoms with Gasteiger partial charge in [0.15, 0.2) is 5.69 Å². The average Bonchev–Trinajstić information content (AvgIpc) is 3.42. The molecule has 2 aromatic rings. The van der Waals surface area contributed by atoms with Crippen LogP contribution >= 0.6 is 0 Å². The van der Waals surface area contributed by atoms with Gasteiger partial charge in [-0.1, -0.05) is 71.9 Å². The van der Waals surface area contributed by atoms with E-state index < -0.39 is 5.41 Å². The van der Waals surface area contributed by atoms with Crippen LogP contribution in [-0.2, 0) is 17.9 Å². The number of hydrogen-bond acceptors (Lipinski definition) is 3. The standard InChI is InChI=1S/C28H38N4O2/c1-26(2,3)25(34)31-14-15-32-20(17-31)21(29-22(32)18-10-8-7-9-11-18)23(33)30-24-27(4,5)19-12-13-28(24,6)16-19/h7-11,19,24H,12-17H2,1-6H3,(H,30,33). The summed E-state index contributed by atoms with van der Waals surface area (Å²) < 4.78 is 2.14. The van der Waals surface area contributed by atoms with Crippen molar-refractivity contribution in [1.29, 1.82) is 0 Å². The molecule has 1 N–H and O–H groups in total. The van der Waals surface area contributed by atoms with E-state index in [1.807, 2.05) is 56.0 Å². The molecular formula is C28H38N4O2. The average molecular weight is 463 g/mol. The molecular weight excluding hydrogens is 424 g/mol. The van der Waals surface area contributed by atoms with Gasteiger partial charge in [0.2, 0.25) is 5.91 Å². The molecule has 0 spiro atoms. The van der Waals surface area contributed by atoms with Crippen molar-refractivity contribution in [3.05, 3.63) is 41.7 Å².